The predicted molar refractivity (Wildman–Crippen MR) is 76.9 cm³/mol. The molecule has 0 spiro atoms. The highest BCUT2D eigenvalue weighted by atomic mass is 35.5. The number of amides is 1. The van der Waals surface area contributed by atoms with E-state index < -0.39 is 35.7 Å². The van der Waals surface area contributed by atoms with Crippen molar-refractivity contribution in [3.05, 3.63) is 57.8 Å². The molecule has 0 unspecified atom stereocenters. The summed E-state index contributed by atoms with van der Waals surface area (Å²) in [6.45, 7) is -0.500. The summed E-state index contributed by atoms with van der Waals surface area (Å²) in [5.41, 5.74) is -0.491. The highest BCUT2D eigenvalue weighted by Gasteiger charge is 2.15. The van der Waals surface area contributed by atoms with Crippen LogP contribution in [-0.2, 0) is 4.79 Å². The second kappa shape index (κ2) is 6.89. The Labute approximate surface area is 133 Å². The van der Waals surface area contributed by atoms with Crippen LogP contribution in [0.4, 0.5) is 18.9 Å². The van der Waals surface area contributed by atoms with Crippen molar-refractivity contribution in [1.82, 2.24) is 0 Å². The van der Waals surface area contributed by atoms with Crippen molar-refractivity contribution in [2.45, 2.75) is 0 Å². The van der Waals surface area contributed by atoms with E-state index in [4.69, 9.17) is 27.9 Å². The summed E-state index contributed by atoms with van der Waals surface area (Å²) in [4.78, 5) is 11.6. The zero-order valence-electron chi connectivity index (χ0n) is 10.8. The molecule has 1 amide bonds. The lowest BCUT2D eigenvalue weighted by Crippen LogP contribution is -2.21. The summed E-state index contributed by atoms with van der Waals surface area (Å²) in [6.07, 6.45) is 0. The smallest absolute Gasteiger partial charge is 0.262 e. The molecule has 0 aliphatic heterocycles. The monoisotopic (exact) mass is 349 g/mol. The van der Waals surface area contributed by atoms with Crippen LogP contribution in [0.25, 0.3) is 0 Å². The van der Waals surface area contributed by atoms with Gasteiger partial charge < -0.3 is 10.1 Å². The number of hydrogen-bond donors (Lipinski definition) is 1. The van der Waals surface area contributed by atoms with Crippen LogP contribution < -0.4 is 10.1 Å². The maximum absolute atomic E-state index is 13.4. The average molecular weight is 350 g/mol. The molecule has 0 aliphatic rings. The minimum Gasteiger partial charge on any atom is -0.482 e. The van der Waals surface area contributed by atoms with Crippen molar-refractivity contribution in [2.24, 2.45) is 0 Å². The molecule has 0 heterocycles. The van der Waals surface area contributed by atoms with E-state index in [-0.39, 0.29) is 10.8 Å². The molecule has 22 heavy (non-hydrogen) atoms. The average Bonchev–Trinajstić information content (AvgIpc) is 2.47. The zero-order valence-corrected chi connectivity index (χ0v) is 12.3. The van der Waals surface area contributed by atoms with E-state index in [1.807, 2.05) is 0 Å². The lowest BCUT2D eigenvalue weighted by molar-refractivity contribution is -0.118. The second-order valence-corrected chi connectivity index (χ2v) is 4.98. The van der Waals surface area contributed by atoms with Crippen LogP contribution in [0.15, 0.2) is 30.3 Å². The van der Waals surface area contributed by atoms with Gasteiger partial charge >= 0.3 is 0 Å². The van der Waals surface area contributed by atoms with Crippen LogP contribution in [0.5, 0.6) is 5.75 Å². The maximum atomic E-state index is 13.4. The Morgan fingerprint density at radius 2 is 1.82 bits per heavy atom. The molecule has 8 heteroatoms. The van der Waals surface area contributed by atoms with E-state index in [9.17, 15) is 18.0 Å². The summed E-state index contributed by atoms with van der Waals surface area (Å²) >= 11 is 11.5. The zero-order chi connectivity index (χ0) is 16.3. The van der Waals surface area contributed by atoms with E-state index in [2.05, 4.69) is 5.32 Å². The number of carbonyl (C=O) groups excluding carboxylic acids is 1. The van der Waals surface area contributed by atoms with Gasteiger partial charge in [-0.1, -0.05) is 23.2 Å². The number of hydrogen-bond acceptors (Lipinski definition) is 2. The van der Waals surface area contributed by atoms with Crippen LogP contribution in [-0.4, -0.2) is 12.5 Å². The molecule has 2 rings (SSSR count). The van der Waals surface area contributed by atoms with E-state index in [0.29, 0.717) is 11.1 Å². The molecule has 0 saturated carbocycles. The first-order valence-corrected chi connectivity index (χ1v) is 6.65. The molecule has 0 aromatic heterocycles. The molecule has 2 aromatic rings. The Hall–Kier alpha value is -1.92. The molecule has 0 fully saturated rings. The van der Waals surface area contributed by atoms with Gasteiger partial charge in [0, 0.05) is 5.02 Å². The van der Waals surface area contributed by atoms with Gasteiger partial charge in [0.05, 0.1) is 10.7 Å². The highest BCUT2D eigenvalue weighted by molar-refractivity contribution is 6.35. The van der Waals surface area contributed by atoms with Crippen molar-refractivity contribution in [3.63, 3.8) is 0 Å². The largest absolute Gasteiger partial charge is 0.482 e. The van der Waals surface area contributed by atoms with Gasteiger partial charge in [-0.15, -0.1) is 0 Å². The minimum atomic E-state index is -1.67. The molecule has 2 aromatic carbocycles. The number of carbonyl (C=O) groups is 1. The van der Waals surface area contributed by atoms with Crippen LogP contribution in [0.3, 0.4) is 0 Å². The Morgan fingerprint density at radius 3 is 2.50 bits per heavy atom. The predicted octanol–water partition coefficient (Wildman–Crippen LogP) is 4.43. The molecule has 3 nitrogen and oxygen atoms in total. The topological polar surface area (TPSA) is 38.3 Å². The second-order valence-electron chi connectivity index (χ2n) is 4.13. The number of nitrogens with one attached hydrogen (secondary N) is 1. The number of anilines is 1. The fraction of sp³-hybridized carbons (Fsp3) is 0.0714. The Morgan fingerprint density at radius 1 is 1.09 bits per heavy atom. The first kappa shape index (κ1) is 16.5. The summed E-state index contributed by atoms with van der Waals surface area (Å²) in [5.74, 6) is -5.07. The molecule has 0 aliphatic carbocycles. The molecule has 0 bridgehead atoms. The molecule has 116 valence electrons. The van der Waals surface area contributed by atoms with Crippen LogP contribution in [0, 0.1) is 17.5 Å². The number of benzene rings is 2. The summed E-state index contributed by atoms with van der Waals surface area (Å²) in [7, 11) is 0. The van der Waals surface area contributed by atoms with Gasteiger partial charge in [-0.05, 0) is 30.3 Å². The Balaban J connectivity index is 2.00. The highest BCUT2D eigenvalue weighted by Crippen LogP contribution is 2.27. The first-order valence-electron chi connectivity index (χ1n) is 5.89. The first-order chi connectivity index (χ1) is 10.4. The molecule has 0 saturated heterocycles. The van der Waals surface area contributed by atoms with Crippen molar-refractivity contribution in [3.8, 4) is 5.75 Å². The third-order valence-corrected chi connectivity index (χ3v) is 3.09. The molecule has 0 atom stereocenters. The number of ether oxygens (including phenoxy) is 1. The fourth-order valence-corrected chi connectivity index (χ4v) is 2.01. The summed E-state index contributed by atoms with van der Waals surface area (Å²) < 4.78 is 44.3. The quantitative estimate of drug-likeness (QED) is 0.829. The summed E-state index contributed by atoms with van der Waals surface area (Å²) in [5, 5.41) is 2.65. The van der Waals surface area contributed by atoms with Crippen molar-refractivity contribution < 1.29 is 22.7 Å². The van der Waals surface area contributed by atoms with Gasteiger partial charge in [-0.2, -0.15) is 0 Å². The van der Waals surface area contributed by atoms with E-state index in [1.54, 1.807) is 0 Å². The van der Waals surface area contributed by atoms with E-state index in [0.717, 1.165) is 6.07 Å². The molecule has 0 radical (unpaired) electrons. The lowest BCUT2D eigenvalue weighted by Gasteiger charge is -2.10. The molecular weight excluding hydrogens is 342 g/mol. The van der Waals surface area contributed by atoms with Crippen molar-refractivity contribution in [2.75, 3.05) is 11.9 Å². The van der Waals surface area contributed by atoms with Gasteiger partial charge in [0.15, 0.2) is 24.1 Å². The van der Waals surface area contributed by atoms with Gasteiger partial charge in [-0.25, -0.2) is 13.2 Å². The molecular formula is C14H8Cl2F3NO2. The normalized spacial score (nSPS) is 10.4. The minimum absolute atomic E-state index is 0.194. The van der Waals surface area contributed by atoms with Crippen molar-refractivity contribution >= 4 is 34.8 Å². The lowest BCUT2D eigenvalue weighted by atomic mass is 10.3. The Bertz CT molecular complexity index is 725. The van der Waals surface area contributed by atoms with Gasteiger partial charge in [-0.3, -0.25) is 4.79 Å². The maximum Gasteiger partial charge on any atom is 0.262 e. The number of halogens is 5. The number of rotatable bonds is 4. The van der Waals surface area contributed by atoms with Gasteiger partial charge in [0.25, 0.3) is 5.91 Å². The fourth-order valence-electron chi connectivity index (χ4n) is 1.54. The van der Waals surface area contributed by atoms with E-state index >= 15 is 0 Å². The van der Waals surface area contributed by atoms with E-state index in [1.165, 1.54) is 18.2 Å². The van der Waals surface area contributed by atoms with Gasteiger partial charge in [0.1, 0.15) is 5.75 Å². The van der Waals surface area contributed by atoms with Crippen LogP contribution in [0.2, 0.25) is 10.0 Å². The summed E-state index contributed by atoms with van der Waals surface area (Å²) in [6, 6.07) is 5.99. The molecule has 1 N–H and O–H groups in total. The van der Waals surface area contributed by atoms with Crippen LogP contribution >= 0.6 is 23.2 Å². The third kappa shape index (κ3) is 3.84. The standard InChI is InChI=1S/C14H8Cl2F3NO2/c15-7-1-4-11(8(16)5-7)22-6-12(21)20-10-3-2-9(17)13(18)14(10)19/h1-5H,6H2,(H,20,21). The Kier molecular flexibility index (Phi) is 5.15. The third-order valence-electron chi connectivity index (χ3n) is 2.56. The van der Waals surface area contributed by atoms with Gasteiger partial charge in [0.2, 0.25) is 0 Å². The van der Waals surface area contributed by atoms with Crippen molar-refractivity contribution in [1.29, 1.82) is 0 Å². The SMILES string of the molecule is O=C(COc1ccc(Cl)cc1Cl)Nc1ccc(F)c(F)c1F. The van der Waals surface area contributed by atoms with Crippen LogP contribution in [0.1, 0.15) is 0 Å².